The smallest absolute Gasteiger partial charge is 0.243 e. The van der Waals surface area contributed by atoms with Crippen LogP contribution in [0.4, 0.5) is 0 Å². The van der Waals surface area contributed by atoms with Gasteiger partial charge in [0.05, 0.1) is 5.75 Å². The summed E-state index contributed by atoms with van der Waals surface area (Å²) >= 11 is 3.80. The van der Waals surface area contributed by atoms with Gasteiger partial charge in [0.25, 0.3) is 0 Å². The highest BCUT2D eigenvalue weighted by Crippen LogP contribution is 2.02. The molecule has 0 aromatic heterocycles. The fourth-order valence-corrected chi connectivity index (χ4v) is 1.95. The minimum atomic E-state index is -1.04. The number of nitrogens with two attached hydrogens (primary N) is 4. The van der Waals surface area contributed by atoms with Crippen molar-refractivity contribution in [3.63, 3.8) is 0 Å². The topological polar surface area (TPSA) is 209 Å². The molecule has 12 heteroatoms. The first-order chi connectivity index (χ1) is 11.7. The zero-order chi connectivity index (χ0) is 19.4. The Morgan fingerprint density at radius 2 is 1.60 bits per heavy atom. The van der Waals surface area contributed by atoms with E-state index in [0.717, 1.165) is 0 Å². The van der Waals surface area contributed by atoms with E-state index in [1.165, 1.54) is 0 Å². The molecular weight excluding hydrogens is 350 g/mol. The van der Waals surface area contributed by atoms with Gasteiger partial charge < -0.3 is 33.6 Å². The summed E-state index contributed by atoms with van der Waals surface area (Å²) in [5.74, 6) is -2.74. The van der Waals surface area contributed by atoms with Gasteiger partial charge in [-0.05, 0) is 19.3 Å². The molecule has 0 aromatic carbocycles. The molecule has 4 amide bonds. The zero-order valence-electron chi connectivity index (χ0n) is 13.7. The maximum Gasteiger partial charge on any atom is 0.243 e. The summed E-state index contributed by atoms with van der Waals surface area (Å²) in [6.45, 7) is 0.267. The lowest BCUT2D eigenvalue weighted by Crippen LogP contribution is -2.53. The molecule has 0 rings (SSSR count). The lowest BCUT2D eigenvalue weighted by molar-refractivity contribution is -0.131. The van der Waals surface area contributed by atoms with E-state index in [4.69, 9.17) is 22.9 Å². The molecule has 0 heterocycles. The Labute approximate surface area is 150 Å². The number of hydrogen-bond acceptors (Lipinski definition) is 6. The van der Waals surface area contributed by atoms with Crippen molar-refractivity contribution in [3.05, 3.63) is 0 Å². The van der Waals surface area contributed by atoms with E-state index in [9.17, 15) is 19.2 Å². The van der Waals surface area contributed by atoms with Gasteiger partial charge >= 0.3 is 0 Å². The quantitative estimate of drug-likeness (QED) is 0.0802. The molecule has 0 aliphatic heterocycles. The first-order valence-electron chi connectivity index (χ1n) is 7.51. The van der Waals surface area contributed by atoms with Crippen molar-refractivity contribution < 1.29 is 19.2 Å². The van der Waals surface area contributed by atoms with E-state index in [0.29, 0.717) is 6.42 Å². The Hall–Kier alpha value is -2.50. The van der Waals surface area contributed by atoms with Crippen LogP contribution in [-0.2, 0) is 19.2 Å². The highest BCUT2D eigenvalue weighted by molar-refractivity contribution is 7.81. The summed E-state index contributed by atoms with van der Waals surface area (Å²) in [6.07, 6.45) is 0.485. The molecule has 0 bridgehead atoms. The van der Waals surface area contributed by atoms with Gasteiger partial charge in [-0.15, -0.1) is 0 Å². The van der Waals surface area contributed by atoms with E-state index >= 15 is 0 Å². The van der Waals surface area contributed by atoms with Crippen LogP contribution in [0.15, 0.2) is 4.99 Å². The van der Waals surface area contributed by atoms with Crippen molar-refractivity contribution >= 4 is 42.2 Å². The number of guanidine groups is 1. The van der Waals surface area contributed by atoms with Crippen LogP contribution in [0.5, 0.6) is 0 Å². The second-order valence-corrected chi connectivity index (χ2v) is 5.51. The zero-order valence-corrected chi connectivity index (χ0v) is 14.6. The van der Waals surface area contributed by atoms with Crippen molar-refractivity contribution in [2.75, 3.05) is 12.3 Å². The summed E-state index contributed by atoms with van der Waals surface area (Å²) in [6, 6.07) is -2.00. The first-order valence-corrected chi connectivity index (χ1v) is 8.14. The molecule has 142 valence electrons. The largest absolute Gasteiger partial charge is 0.370 e. The molecule has 0 radical (unpaired) electrons. The minimum absolute atomic E-state index is 0.0137. The van der Waals surface area contributed by atoms with Gasteiger partial charge in [0.2, 0.25) is 23.6 Å². The molecule has 0 aliphatic carbocycles. The molecule has 25 heavy (non-hydrogen) atoms. The number of thiol groups is 1. The van der Waals surface area contributed by atoms with E-state index < -0.39 is 35.7 Å². The number of carbonyl (C=O) groups excluding carboxylic acids is 4. The van der Waals surface area contributed by atoms with Gasteiger partial charge in [-0.3, -0.25) is 24.2 Å². The lowest BCUT2D eigenvalue weighted by atomic mass is 10.1. The van der Waals surface area contributed by atoms with E-state index in [2.05, 4.69) is 28.3 Å². The summed E-state index contributed by atoms with van der Waals surface area (Å²) in [7, 11) is 0. The number of primary amides is 2. The number of aliphatic imine (C=N–C) groups is 1. The van der Waals surface area contributed by atoms with Crippen molar-refractivity contribution in [1.29, 1.82) is 0 Å². The van der Waals surface area contributed by atoms with Crippen LogP contribution >= 0.6 is 12.6 Å². The fraction of sp³-hybridized carbons (Fsp3) is 0.615. The van der Waals surface area contributed by atoms with Crippen LogP contribution in [-0.4, -0.2) is 54.0 Å². The second-order valence-electron chi connectivity index (χ2n) is 5.20. The van der Waals surface area contributed by atoms with Crippen LogP contribution in [0.1, 0.15) is 25.7 Å². The maximum atomic E-state index is 12.3. The van der Waals surface area contributed by atoms with Crippen LogP contribution < -0.4 is 33.6 Å². The summed E-state index contributed by atoms with van der Waals surface area (Å²) < 4.78 is 0. The predicted molar refractivity (Wildman–Crippen MR) is 95.2 cm³/mol. The molecular formula is C13H25N7O4S. The van der Waals surface area contributed by atoms with E-state index in [1.54, 1.807) is 0 Å². The highest BCUT2D eigenvalue weighted by atomic mass is 32.1. The van der Waals surface area contributed by atoms with Crippen LogP contribution in [0.25, 0.3) is 0 Å². The molecule has 0 saturated carbocycles. The Bertz CT molecular complexity index is 523. The number of nitrogens with one attached hydrogen (secondary N) is 2. The van der Waals surface area contributed by atoms with Gasteiger partial charge in [0.1, 0.15) is 12.1 Å². The average molecular weight is 375 g/mol. The van der Waals surface area contributed by atoms with E-state index in [1.807, 2.05) is 0 Å². The van der Waals surface area contributed by atoms with Gasteiger partial charge in [-0.25, -0.2) is 0 Å². The van der Waals surface area contributed by atoms with Gasteiger partial charge in [0.15, 0.2) is 5.96 Å². The standard InChI is InChI=1S/C13H25N7O4S/c14-9(21)4-3-8(19-10(22)6-25)12(24)20-7(11(15)23)2-1-5-18-13(16)17/h7-8,25H,1-6H2,(H2,14,21)(H2,15,23)(H,19,22)(H,20,24)(H4,16,17,18)/t7-,8-/m0/s1. The van der Waals surface area contributed by atoms with Crippen LogP contribution in [0.2, 0.25) is 0 Å². The number of hydrogen-bond donors (Lipinski definition) is 7. The molecule has 0 unspecified atom stereocenters. The minimum Gasteiger partial charge on any atom is -0.370 e. The Morgan fingerprint density at radius 3 is 2.08 bits per heavy atom. The van der Waals surface area contributed by atoms with Crippen LogP contribution in [0, 0.1) is 0 Å². The number of rotatable bonds is 12. The average Bonchev–Trinajstić information content (AvgIpc) is 2.52. The predicted octanol–water partition coefficient (Wildman–Crippen LogP) is -3.31. The first kappa shape index (κ1) is 22.5. The molecule has 0 saturated heterocycles. The number of amides is 4. The lowest BCUT2D eigenvalue weighted by Gasteiger charge is -2.21. The monoisotopic (exact) mass is 375 g/mol. The molecule has 2 atom stereocenters. The normalized spacial score (nSPS) is 12.5. The third-order valence-corrected chi connectivity index (χ3v) is 3.37. The van der Waals surface area contributed by atoms with Crippen molar-refractivity contribution in [3.8, 4) is 0 Å². The third kappa shape index (κ3) is 10.8. The molecule has 0 fully saturated rings. The summed E-state index contributed by atoms with van der Waals surface area (Å²) in [5.41, 5.74) is 20.7. The molecule has 10 N–H and O–H groups in total. The number of carbonyl (C=O) groups is 4. The summed E-state index contributed by atoms with van der Waals surface area (Å²) in [4.78, 5) is 49.9. The second kappa shape index (κ2) is 11.9. The van der Waals surface area contributed by atoms with Gasteiger partial charge in [-0.1, -0.05) is 0 Å². The van der Waals surface area contributed by atoms with Gasteiger partial charge in [0, 0.05) is 13.0 Å². The maximum absolute atomic E-state index is 12.3. The van der Waals surface area contributed by atoms with Gasteiger partial charge in [-0.2, -0.15) is 12.6 Å². The van der Waals surface area contributed by atoms with Crippen molar-refractivity contribution in [1.82, 2.24) is 10.6 Å². The molecule has 0 aliphatic rings. The summed E-state index contributed by atoms with van der Waals surface area (Å²) in [5, 5.41) is 4.85. The fourth-order valence-electron chi connectivity index (χ4n) is 1.86. The molecule has 11 nitrogen and oxygen atoms in total. The third-order valence-electron chi connectivity index (χ3n) is 3.08. The van der Waals surface area contributed by atoms with E-state index in [-0.39, 0.29) is 37.5 Å². The molecule has 0 aromatic rings. The Morgan fingerprint density at radius 1 is 0.960 bits per heavy atom. The Kier molecular flexibility index (Phi) is 10.8. The SMILES string of the molecule is NC(=O)CC[C@H](NC(=O)CS)C(=O)N[C@@H](CCCN=C(N)N)C(N)=O. The number of nitrogens with zero attached hydrogens (tertiary/aromatic N) is 1. The van der Waals surface area contributed by atoms with Crippen molar-refractivity contribution in [2.24, 2.45) is 27.9 Å². The Balaban J connectivity index is 4.80. The molecule has 0 spiro atoms. The van der Waals surface area contributed by atoms with Crippen LogP contribution in [0.3, 0.4) is 0 Å². The van der Waals surface area contributed by atoms with Crippen molar-refractivity contribution in [2.45, 2.75) is 37.8 Å². The highest BCUT2D eigenvalue weighted by Gasteiger charge is 2.25.